The van der Waals surface area contributed by atoms with Crippen LogP contribution < -0.4 is 18.9 Å². The van der Waals surface area contributed by atoms with Crippen LogP contribution in [0.1, 0.15) is 5.01 Å². The molecule has 30 heavy (non-hydrogen) atoms. The molecule has 3 aromatic rings. The van der Waals surface area contributed by atoms with Crippen LogP contribution in [0.5, 0.6) is 17.5 Å². The number of H-pyrrole nitrogens is 1. The molecule has 0 aliphatic carbocycles. The minimum atomic E-state index is -4.08. The molecular weight excluding hydrogens is 444 g/mol. The van der Waals surface area contributed by atoms with E-state index in [4.69, 9.17) is 14.2 Å². The van der Waals surface area contributed by atoms with E-state index in [9.17, 15) is 17.2 Å². The third-order valence-electron chi connectivity index (χ3n) is 3.62. The van der Waals surface area contributed by atoms with Gasteiger partial charge in [-0.3, -0.25) is 0 Å². The van der Waals surface area contributed by atoms with Crippen LogP contribution in [0.15, 0.2) is 23.4 Å². The van der Waals surface area contributed by atoms with Gasteiger partial charge in [0.15, 0.2) is 0 Å². The third kappa shape index (κ3) is 4.76. The molecule has 14 heteroatoms. The van der Waals surface area contributed by atoms with Crippen LogP contribution in [0.3, 0.4) is 0 Å². The summed E-state index contributed by atoms with van der Waals surface area (Å²) in [6, 6.07) is 1.43. The molecule has 0 saturated heterocycles. The van der Waals surface area contributed by atoms with Crippen LogP contribution >= 0.6 is 11.3 Å². The number of hydrogen-bond acceptors (Lipinski definition) is 9. The Morgan fingerprint density at radius 1 is 1.23 bits per heavy atom. The van der Waals surface area contributed by atoms with Crippen molar-refractivity contribution in [3.63, 3.8) is 0 Å². The maximum Gasteiger partial charge on any atom is 0.272 e. The highest BCUT2D eigenvalue weighted by molar-refractivity contribution is 7.92. The lowest BCUT2D eigenvalue weighted by atomic mass is 10.4. The van der Waals surface area contributed by atoms with Gasteiger partial charge >= 0.3 is 0 Å². The molecule has 10 nitrogen and oxygen atoms in total. The summed E-state index contributed by atoms with van der Waals surface area (Å²) in [6.45, 7) is 0.896. The average molecular weight is 461 g/mol. The van der Waals surface area contributed by atoms with Gasteiger partial charge in [-0.1, -0.05) is 0 Å². The fourth-order valence-electron chi connectivity index (χ4n) is 2.34. The summed E-state index contributed by atoms with van der Waals surface area (Å²) in [5.74, 6) is -1.19. The SMILES string of the molecule is COc1nc(NS(=O)(=O)c2c[nH]c(-c3cnc(C)s3)c2)nc(OC)c1OCC(F)F. The normalized spacial score (nSPS) is 11.5. The highest BCUT2D eigenvalue weighted by Crippen LogP contribution is 2.36. The van der Waals surface area contributed by atoms with E-state index in [-0.39, 0.29) is 28.4 Å². The molecule has 0 unspecified atom stereocenters. The molecule has 2 N–H and O–H groups in total. The van der Waals surface area contributed by atoms with Gasteiger partial charge in [0.2, 0.25) is 11.7 Å². The monoisotopic (exact) mass is 461 g/mol. The number of alkyl halides is 2. The van der Waals surface area contributed by atoms with Crippen LogP contribution in [0.25, 0.3) is 10.6 Å². The van der Waals surface area contributed by atoms with E-state index in [0.717, 1.165) is 9.88 Å². The Balaban J connectivity index is 1.88. The number of nitrogens with zero attached hydrogens (tertiary/aromatic N) is 3. The minimum absolute atomic E-state index is 0.0666. The molecule has 0 aliphatic heterocycles. The van der Waals surface area contributed by atoms with Gasteiger partial charge in [0, 0.05) is 12.4 Å². The van der Waals surface area contributed by atoms with E-state index in [1.54, 1.807) is 6.20 Å². The molecule has 0 bridgehead atoms. The molecule has 0 aliphatic rings. The minimum Gasteiger partial charge on any atom is -0.478 e. The Morgan fingerprint density at radius 2 is 1.90 bits per heavy atom. The van der Waals surface area contributed by atoms with Gasteiger partial charge in [-0.05, 0) is 13.0 Å². The number of nitrogens with one attached hydrogen (secondary N) is 2. The van der Waals surface area contributed by atoms with Gasteiger partial charge in [-0.15, -0.1) is 11.3 Å². The lowest BCUT2D eigenvalue weighted by Crippen LogP contribution is -2.16. The van der Waals surface area contributed by atoms with E-state index < -0.39 is 23.1 Å². The third-order valence-corrected chi connectivity index (χ3v) is 5.88. The van der Waals surface area contributed by atoms with Crippen molar-refractivity contribution in [2.24, 2.45) is 0 Å². The summed E-state index contributed by atoms with van der Waals surface area (Å²) in [5, 5.41) is 0.837. The van der Waals surface area contributed by atoms with Crippen LogP contribution in [0, 0.1) is 6.92 Å². The standard InChI is InChI=1S/C16H17F2N5O5S2/c1-8-19-6-11(29-8)10-4-9(5-20-10)30(24,25)23-16-21-14(26-2)13(15(22-16)27-3)28-7-12(17)18/h4-6,12,20H,7H2,1-3H3,(H,21,22,23). The fourth-order valence-corrected chi connectivity index (χ4v) is 4.03. The largest absolute Gasteiger partial charge is 0.478 e. The number of aromatic nitrogens is 4. The Labute approximate surface area is 174 Å². The quantitative estimate of drug-likeness (QED) is 0.498. The lowest BCUT2D eigenvalue weighted by Gasteiger charge is -2.14. The fraction of sp³-hybridized carbons (Fsp3) is 0.312. The van der Waals surface area contributed by atoms with Gasteiger partial charge in [0.25, 0.3) is 28.2 Å². The second-order valence-corrected chi connectivity index (χ2v) is 8.61. The van der Waals surface area contributed by atoms with Crippen LogP contribution in [-0.4, -0.2) is 55.6 Å². The van der Waals surface area contributed by atoms with Gasteiger partial charge in [-0.25, -0.2) is 26.9 Å². The van der Waals surface area contributed by atoms with Gasteiger partial charge in [0.1, 0.15) is 11.5 Å². The smallest absolute Gasteiger partial charge is 0.272 e. The molecule has 0 radical (unpaired) electrons. The van der Waals surface area contributed by atoms with Crippen molar-refractivity contribution >= 4 is 27.3 Å². The zero-order chi connectivity index (χ0) is 21.9. The molecule has 0 aromatic carbocycles. The summed E-state index contributed by atoms with van der Waals surface area (Å²) in [5.41, 5.74) is 0.577. The molecule has 3 aromatic heterocycles. The number of aryl methyl sites for hydroxylation is 1. The van der Waals surface area contributed by atoms with Gasteiger partial charge < -0.3 is 19.2 Å². The molecule has 0 amide bonds. The number of hydrogen-bond donors (Lipinski definition) is 2. The van der Waals surface area contributed by atoms with Crippen molar-refractivity contribution in [3.05, 3.63) is 23.5 Å². The van der Waals surface area contributed by atoms with Crippen LogP contribution in [-0.2, 0) is 10.0 Å². The van der Waals surface area contributed by atoms with E-state index in [1.165, 1.54) is 37.8 Å². The number of halogens is 2. The summed E-state index contributed by atoms with van der Waals surface area (Å²) in [4.78, 5) is 15.4. The topological polar surface area (TPSA) is 128 Å². The molecule has 0 saturated carbocycles. The predicted octanol–water partition coefficient (Wildman–Crippen LogP) is 2.70. The van der Waals surface area contributed by atoms with Crippen LogP contribution in [0.2, 0.25) is 0 Å². The number of methoxy groups -OCH3 is 2. The number of aromatic amines is 1. The average Bonchev–Trinajstić information content (AvgIpc) is 3.35. The van der Waals surface area contributed by atoms with Gasteiger partial charge in [0.05, 0.1) is 29.8 Å². The first-order valence-corrected chi connectivity index (χ1v) is 10.6. The molecule has 3 rings (SSSR count). The summed E-state index contributed by atoms with van der Waals surface area (Å²) >= 11 is 1.40. The highest BCUT2D eigenvalue weighted by atomic mass is 32.2. The van der Waals surface area contributed by atoms with Crippen molar-refractivity contribution in [1.82, 2.24) is 19.9 Å². The molecule has 3 heterocycles. The van der Waals surface area contributed by atoms with Crippen molar-refractivity contribution in [1.29, 1.82) is 0 Å². The second kappa shape index (κ2) is 8.79. The number of anilines is 1. The first kappa shape index (κ1) is 21.7. The first-order chi connectivity index (χ1) is 14.2. The highest BCUT2D eigenvalue weighted by Gasteiger charge is 2.24. The second-order valence-electron chi connectivity index (χ2n) is 5.70. The van der Waals surface area contributed by atoms with Crippen LogP contribution in [0.4, 0.5) is 14.7 Å². The number of thiazole rings is 1. The zero-order valence-corrected chi connectivity index (χ0v) is 17.6. The van der Waals surface area contributed by atoms with Gasteiger partial charge in [-0.2, -0.15) is 9.97 Å². The molecule has 0 atom stereocenters. The van der Waals surface area contributed by atoms with E-state index in [1.807, 2.05) is 6.92 Å². The number of sulfonamides is 1. The Hall–Kier alpha value is -3.00. The summed E-state index contributed by atoms with van der Waals surface area (Å²) in [7, 11) is -1.65. The number of rotatable bonds is 9. The molecule has 0 spiro atoms. The van der Waals surface area contributed by atoms with E-state index in [2.05, 4.69) is 24.7 Å². The summed E-state index contributed by atoms with van der Waals surface area (Å²) in [6.07, 6.45) is 0.191. The van der Waals surface area contributed by atoms with Crippen molar-refractivity contribution < 1.29 is 31.4 Å². The number of ether oxygens (including phenoxy) is 3. The Kier molecular flexibility index (Phi) is 6.36. The first-order valence-electron chi connectivity index (χ1n) is 8.28. The Bertz CT molecular complexity index is 1110. The predicted molar refractivity (Wildman–Crippen MR) is 104 cm³/mol. The molecule has 0 fully saturated rings. The molecular formula is C16H17F2N5O5S2. The molecule has 162 valence electrons. The maximum absolute atomic E-state index is 12.7. The van der Waals surface area contributed by atoms with Crippen molar-refractivity contribution in [2.45, 2.75) is 18.2 Å². The van der Waals surface area contributed by atoms with E-state index >= 15 is 0 Å². The van der Waals surface area contributed by atoms with Crippen molar-refractivity contribution in [3.8, 4) is 28.1 Å². The lowest BCUT2D eigenvalue weighted by molar-refractivity contribution is 0.0781. The summed E-state index contributed by atoms with van der Waals surface area (Å²) < 4.78 is 67.5. The van der Waals surface area contributed by atoms with E-state index in [0.29, 0.717) is 5.69 Å². The zero-order valence-electron chi connectivity index (χ0n) is 16.0. The van der Waals surface area contributed by atoms with Crippen molar-refractivity contribution in [2.75, 3.05) is 25.5 Å². The Morgan fingerprint density at radius 3 is 2.43 bits per heavy atom. The maximum atomic E-state index is 12.7.